The number of nitro benzene ring substituents is 1. The van der Waals surface area contributed by atoms with Crippen molar-refractivity contribution in [1.82, 2.24) is 5.43 Å². The zero-order valence-corrected chi connectivity index (χ0v) is 24.9. The Hall–Kier alpha value is -4.91. The molecule has 0 saturated heterocycles. The monoisotopic (exact) mass is 676 g/mol. The van der Waals surface area contributed by atoms with Crippen LogP contribution in [0.4, 0.5) is 11.4 Å². The molecule has 0 spiro atoms. The highest BCUT2D eigenvalue weighted by Gasteiger charge is 2.18. The average molecular weight is 678 g/mol. The summed E-state index contributed by atoms with van der Waals surface area (Å²) in [5, 5.41) is 18.8. The molecule has 5 rings (SSSR count). The van der Waals surface area contributed by atoms with E-state index in [0.717, 1.165) is 10.1 Å². The van der Waals surface area contributed by atoms with Gasteiger partial charge >= 0.3 is 5.97 Å². The number of benzene rings is 4. The molecule has 2 N–H and O–H groups in total. The van der Waals surface area contributed by atoms with Crippen molar-refractivity contribution in [1.29, 1.82) is 0 Å². The van der Waals surface area contributed by atoms with E-state index in [1.807, 2.05) is 24.3 Å². The van der Waals surface area contributed by atoms with Crippen LogP contribution in [-0.2, 0) is 0 Å². The van der Waals surface area contributed by atoms with Crippen LogP contribution in [0.25, 0.3) is 10.1 Å². The Morgan fingerprint density at radius 1 is 0.930 bits per heavy atom. The fourth-order valence-corrected chi connectivity index (χ4v) is 5.66. The van der Waals surface area contributed by atoms with Crippen molar-refractivity contribution in [2.75, 3.05) is 5.32 Å². The van der Waals surface area contributed by atoms with E-state index < -0.39 is 16.8 Å². The van der Waals surface area contributed by atoms with Gasteiger partial charge in [0.25, 0.3) is 17.5 Å². The summed E-state index contributed by atoms with van der Waals surface area (Å²) in [4.78, 5) is 48.7. The van der Waals surface area contributed by atoms with Crippen molar-refractivity contribution >= 4 is 84.3 Å². The van der Waals surface area contributed by atoms with Gasteiger partial charge in [-0.25, -0.2) is 10.2 Å². The van der Waals surface area contributed by atoms with E-state index in [-0.39, 0.29) is 28.5 Å². The van der Waals surface area contributed by atoms with Crippen molar-refractivity contribution in [3.63, 3.8) is 0 Å². The van der Waals surface area contributed by atoms with E-state index >= 15 is 0 Å². The average Bonchev–Trinajstić information content (AvgIpc) is 3.35. The first-order chi connectivity index (χ1) is 20.7. The van der Waals surface area contributed by atoms with Crippen LogP contribution in [0.2, 0.25) is 5.02 Å². The van der Waals surface area contributed by atoms with Gasteiger partial charge in [0, 0.05) is 43.5 Å². The molecule has 0 aliphatic rings. The van der Waals surface area contributed by atoms with Crippen LogP contribution in [0.15, 0.2) is 101 Å². The van der Waals surface area contributed by atoms with E-state index in [1.165, 1.54) is 60.0 Å². The van der Waals surface area contributed by atoms with Gasteiger partial charge in [0.05, 0.1) is 21.7 Å². The number of amides is 2. The lowest BCUT2D eigenvalue weighted by atomic mass is 10.2. The van der Waals surface area contributed by atoms with Gasteiger partial charge in [-0.2, -0.15) is 5.10 Å². The minimum absolute atomic E-state index is 0.122. The number of hydrogen-bond acceptors (Lipinski definition) is 8. The number of non-ortho nitro benzene ring substituents is 1. The van der Waals surface area contributed by atoms with Gasteiger partial charge in [-0.3, -0.25) is 19.7 Å². The van der Waals surface area contributed by atoms with Gasteiger partial charge < -0.3 is 10.1 Å². The molecule has 0 bridgehead atoms. The second-order valence-electron chi connectivity index (χ2n) is 8.85. The number of hydrazone groups is 1. The van der Waals surface area contributed by atoms with E-state index in [0.29, 0.717) is 25.6 Å². The van der Waals surface area contributed by atoms with Gasteiger partial charge in [-0.15, -0.1) is 11.3 Å². The Kier molecular flexibility index (Phi) is 8.90. The lowest BCUT2D eigenvalue weighted by Gasteiger charge is -2.08. The summed E-state index contributed by atoms with van der Waals surface area (Å²) < 4.78 is 7.03. The number of ether oxygens (including phenoxy) is 1. The second-order valence-corrected chi connectivity index (χ2v) is 11.2. The van der Waals surface area contributed by atoms with Crippen LogP contribution in [-0.4, -0.2) is 28.9 Å². The molecule has 0 fully saturated rings. The highest BCUT2D eigenvalue weighted by molar-refractivity contribution is 9.10. The third kappa shape index (κ3) is 6.95. The van der Waals surface area contributed by atoms with Crippen LogP contribution >= 0.6 is 38.9 Å². The molecule has 0 aliphatic heterocycles. The van der Waals surface area contributed by atoms with Crippen molar-refractivity contribution < 1.29 is 24.0 Å². The van der Waals surface area contributed by atoms with E-state index in [1.54, 1.807) is 24.3 Å². The Morgan fingerprint density at radius 2 is 1.63 bits per heavy atom. The van der Waals surface area contributed by atoms with Gasteiger partial charge in [0.15, 0.2) is 0 Å². The van der Waals surface area contributed by atoms with Crippen LogP contribution in [0, 0.1) is 10.1 Å². The molecule has 1 aromatic heterocycles. The van der Waals surface area contributed by atoms with Gasteiger partial charge in [-0.05, 0) is 60.7 Å². The molecule has 1 heterocycles. The molecule has 5 aromatic rings. The molecular weight excluding hydrogens is 660 g/mol. The van der Waals surface area contributed by atoms with E-state index in [4.69, 9.17) is 16.3 Å². The number of nitro groups is 1. The normalized spacial score (nSPS) is 10.9. The summed E-state index contributed by atoms with van der Waals surface area (Å²) >= 11 is 11.0. The van der Waals surface area contributed by atoms with Crippen molar-refractivity contribution in [3.8, 4) is 5.75 Å². The Balaban J connectivity index is 1.21. The molecule has 10 nitrogen and oxygen atoms in total. The van der Waals surface area contributed by atoms with Gasteiger partial charge in [0.2, 0.25) is 0 Å². The number of esters is 1. The predicted octanol–water partition coefficient (Wildman–Crippen LogP) is 7.46. The molecule has 0 radical (unpaired) electrons. The summed E-state index contributed by atoms with van der Waals surface area (Å²) in [6.07, 6.45) is 1.31. The number of halogens is 2. The molecule has 13 heteroatoms. The molecule has 0 saturated carbocycles. The third-order valence-corrected chi connectivity index (χ3v) is 8.17. The SMILES string of the molecule is O=C(N/N=C\c1cc(Br)ccc1OC(=O)c1ccc([N+](=O)[O-])cc1)c1ccc(NC(=O)c2sc3ccccc3c2Cl)cc1. The summed E-state index contributed by atoms with van der Waals surface area (Å²) in [5.41, 5.74) is 3.52. The first kappa shape index (κ1) is 29.6. The number of fused-ring (bicyclic) bond motifs is 1. The molecular formula is C30H18BrClN4O6S. The van der Waals surface area contributed by atoms with Crippen LogP contribution in [0.5, 0.6) is 5.75 Å². The Labute approximate surface area is 261 Å². The number of rotatable bonds is 8. The van der Waals surface area contributed by atoms with Gasteiger partial charge in [-0.1, -0.05) is 45.7 Å². The van der Waals surface area contributed by atoms with Crippen LogP contribution < -0.4 is 15.5 Å². The first-order valence-electron chi connectivity index (χ1n) is 12.4. The predicted molar refractivity (Wildman–Crippen MR) is 168 cm³/mol. The zero-order chi connectivity index (χ0) is 30.5. The summed E-state index contributed by atoms with van der Waals surface area (Å²) in [6.45, 7) is 0. The maximum absolute atomic E-state index is 12.8. The number of carbonyl (C=O) groups is 3. The van der Waals surface area contributed by atoms with Crippen molar-refractivity contribution in [2.24, 2.45) is 5.10 Å². The van der Waals surface area contributed by atoms with Gasteiger partial charge in [0.1, 0.15) is 10.6 Å². The number of nitrogens with one attached hydrogen (secondary N) is 2. The summed E-state index contributed by atoms with van der Waals surface area (Å²) in [6, 6.07) is 23.5. The topological polar surface area (TPSA) is 140 Å². The Bertz CT molecular complexity index is 1910. The minimum Gasteiger partial charge on any atom is -0.422 e. The number of carbonyl (C=O) groups excluding carboxylic acids is 3. The fraction of sp³-hybridized carbons (Fsp3) is 0. The number of hydrogen-bond donors (Lipinski definition) is 2. The van der Waals surface area contributed by atoms with Crippen molar-refractivity contribution in [3.05, 3.63) is 132 Å². The molecule has 0 aliphatic carbocycles. The van der Waals surface area contributed by atoms with Crippen LogP contribution in [0.3, 0.4) is 0 Å². The maximum Gasteiger partial charge on any atom is 0.343 e. The van der Waals surface area contributed by atoms with Crippen molar-refractivity contribution in [2.45, 2.75) is 0 Å². The molecule has 0 atom stereocenters. The molecule has 214 valence electrons. The maximum atomic E-state index is 12.8. The highest BCUT2D eigenvalue weighted by atomic mass is 79.9. The second kappa shape index (κ2) is 12.9. The molecule has 4 aromatic carbocycles. The lowest BCUT2D eigenvalue weighted by Crippen LogP contribution is -2.18. The Morgan fingerprint density at radius 3 is 2.33 bits per heavy atom. The minimum atomic E-state index is -0.724. The van der Waals surface area contributed by atoms with E-state index in [2.05, 4.69) is 31.8 Å². The smallest absolute Gasteiger partial charge is 0.343 e. The number of nitrogens with zero attached hydrogens (tertiary/aromatic N) is 2. The standard InChI is InChI=1S/C30H18BrClN4O6S/c31-20-9-14-24(42-30(39)18-7-12-22(13-8-18)36(40)41)19(15-20)16-33-35-28(37)17-5-10-21(11-6-17)34-29(38)27-26(32)23-3-1-2-4-25(23)43-27/h1-16H,(H,34,38)(H,35,37)/b33-16-. The lowest BCUT2D eigenvalue weighted by molar-refractivity contribution is -0.384. The van der Waals surface area contributed by atoms with E-state index in [9.17, 15) is 24.5 Å². The third-order valence-electron chi connectivity index (χ3n) is 6.00. The summed E-state index contributed by atoms with van der Waals surface area (Å²) in [7, 11) is 0. The first-order valence-corrected chi connectivity index (χ1v) is 14.4. The van der Waals surface area contributed by atoms with Crippen LogP contribution in [0.1, 0.15) is 36.0 Å². The molecule has 2 amide bonds. The zero-order valence-electron chi connectivity index (χ0n) is 21.7. The summed E-state index contributed by atoms with van der Waals surface area (Å²) in [5.74, 6) is -1.44. The number of anilines is 1. The molecule has 0 unspecified atom stereocenters. The highest BCUT2D eigenvalue weighted by Crippen LogP contribution is 2.35. The quantitative estimate of drug-likeness (QED) is 0.0575. The number of thiophene rings is 1. The largest absolute Gasteiger partial charge is 0.422 e. The molecule has 43 heavy (non-hydrogen) atoms. The fourth-order valence-electron chi connectivity index (χ4n) is 3.87.